The van der Waals surface area contributed by atoms with Gasteiger partial charge in [-0.05, 0) is 44.1 Å². The van der Waals surface area contributed by atoms with Crippen molar-refractivity contribution in [3.8, 4) is 0 Å². The Bertz CT molecular complexity index is 986. The fraction of sp³-hybridized carbons (Fsp3) is 0.100. The van der Waals surface area contributed by atoms with Crippen molar-refractivity contribution in [1.82, 2.24) is 0 Å². The van der Waals surface area contributed by atoms with Crippen LogP contribution in [-0.4, -0.2) is 5.66 Å². The summed E-state index contributed by atoms with van der Waals surface area (Å²) in [5.41, 5.74) is 3.29. The van der Waals surface area contributed by atoms with Gasteiger partial charge in [-0.25, -0.2) is 0 Å². The molecular formula is C20H18P2. The Balaban J connectivity index is 2.20. The van der Waals surface area contributed by atoms with E-state index in [9.17, 15) is 0 Å². The van der Waals surface area contributed by atoms with Gasteiger partial charge in [0.05, 0.1) is 0 Å². The molecule has 22 heavy (non-hydrogen) atoms. The van der Waals surface area contributed by atoms with Gasteiger partial charge >= 0.3 is 0 Å². The summed E-state index contributed by atoms with van der Waals surface area (Å²) < 4.78 is 0. The van der Waals surface area contributed by atoms with Gasteiger partial charge in [-0.3, -0.25) is 0 Å². The summed E-state index contributed by atoms with van der Waals surface area (Å²) in [6, 6.07) is 21.8. The lowest BCUT2D eigenvalue weighted by atomic mass is 9.90. The molecule has 0 nitrogen and oxygen atoms in total. The molecule has 0 N–H and O–H groups in total. The third kappa shape index (κ3) is 2.23. The van der Waals surface area contributed by atoms with Crippen molar-refractivity contribution in [2.45, 2.75) is 12.1 Å². The van der Waals surface area contributed by atoms with Crippen molar-refractivity contribution >= 4 is 46.2 Å². The monoisotopic (exact) mass is 320 g/mol. The molecule has 1 aliphatic carbocycles. The average molecular weight is 320 g/mol. The first-order valence-corrected chi connectivity index (χ1v) is 8.83. The SMILES string of the molecule is Pc1ccc2ccccc2c1C1=c2ccccc2=CC[C@H]1P. The van der Waals surface area contributed by atoms with E-state index in [0.717, 1.165) is 6.42 Å². The minimum Gasteiger partial charge on any atom is -0.129 e. The molecule has 0 spiro atoms. The van der Waals surface area contributed by atoms with Gasteiger partial charge in [0.2, 0.25) is 0 Å². The molecule has 3 aromatic carbocycles. The topological polar surface area (TPSA) is 0 Å². The standard InChI is InChI=1S/C20H18P2/c21-17-11-9-13-5-1-3-7-15(13)19(17)20-16-8-4-2-6-14(16)10-12-18(20)22/h1-11,18H,12,21-22H2/t18-/m1/s1. The highest BCUT2D eigenvalue weighted by Crippen LogP contribution is 2.31. The van der Waals surface area contributed by atoms with Crippen LogP contribution in [0, 0.1) is 0 Å². The van der Waals surface area contributed by atoms with Gasteiger partial charge in [0.15, 0.2) is 0 Å². The summed E-state index contributed by atoms with van der Waals surface area (Å²) in [6.45, 7) is 0. The smallest absolute Gasteiger partial charge is 0.00326 e. The first-order chi connectivity index (χ1) is 10.8. The molecule has 0 aromatic heterocycles. The summed E-state index contributed by atoms with van der Waals surface area (Å²) >= 11 is 0. The molecule has 0 heterocycles. The van der Waals surface area contributed by atoms with Crippen molar-refractivity contribution in [3.05, 3.63) is 76.7 Å². The maximum absolute atomic E-state index is 3.04. The first-order valence-electron chi connectivity index (χ1n) is 7.58. The molecule has 0 saturated heterocycles. The molecular weight excluding hydrogens is 302 g/mol. The molecule has 0 amide bonds. The summed E-state index contributed by atoms with van der Waals surface area (Å²) in [7, 11) is 5.96. The second-order valence-corrected chi connectivity index (χ2v) is 7.22. The van der Waals surface area contributed by atoms with Gasteiger partial charge in [0.25, 0.3) is 0 Å². The lowest BCUT2D eigenvalue weighted by Gasteiger charge is -2.22. The maximum atomic E-state index is 3.04. The van der Waals surface area contributed by atoms with E-state index in [1.165, 1.54) is 37.7 Å². The zero-order valence-corrected chi connectivity index (χ0v) is 14.6. The van der Waals surface area contributed by atoms with E-state index in [1.54, 1.807) is 0 Å². The molecule has 0 bridgehead atoms. The van der Waals surface area contributed by atoms with Crippen molar-refractivity contribution in [2.24, 2.45) is 0 Å². The molecule has 0 saturated carbocycles. The van der Waals surface area contributed by atoms with Gasteiger partial charge in [0.1, 0.15) is 0 Å². The summed E-state index contributed by atoms with van der Waals surface area (Å²) in [5.74, 6) is 0. The highest BCUT2D eigenvalue weighted by molar-refractivity contribution is 7.27. The molecule has 0 fully saturated rings. The lowest BCUT2D eigenvalue weighted by Crippen LogP contribution is -2.34. The van der Waals surface area contributed by atoms with Gasteiger partial charge in [-0.15, -0.1) is 18.5 Å². The molecule has 3 aromatic rings. The fourth-order valence-electron chi connectivity index (χ4n) is 3.40. The normalized spacial score (nSPS) is 17.2. The first kappa shape index (κ1) is 14.1. The van der Waals surface area contributed by atoms with Crippen molar-refractivity contribution < 1.29 is 0 Å². The highest BCUT2D eigenvalue weighted by atomic mass is 31.0. The van der Waals surface area contributed by atoms with Crippen LogP contribution in [0.25, 0.3) is 22.4 Å². The van der Waals surface area contributed by atoms with Crippen LogP contribution in [-0.2, 0) is 0 Å². The average Bonchev–Trinajstić information content (AvgIpc) is 2.56. The van der Waals surface area contributed by atoms with Crippen LogP contribution in [0.1, 0.15) is 12.0 Å². The summed E-state index contributed by atoms with van der Waals surface area (Å²) in [5, 5.41) is 6.65. The van der Waals surface area contributed by atoms with E-state index in [0.29, 0.717) is 5.66 Å². The molecule has 1 aliphatic rings. The van der Waals surface area contributed by atoms with E-state index in [4.69, 9.17) is 0 Å². The second-order valence-electron chi connectivity index (χ2n) is 5.80. The Labute approximate surface area is 135 Å². The number of hydrogen-bond acceptors (Lipinski definition) is 0. The van der Waals surface area contributed by atoms with Crippen LogP contribution < -0.4 is 15.7 Å². The van der Waals surface area contributed by atoms with E-state index >= 15 is 0 Å². The number of hydrogen-bond donors (Lipinski definition) is 0. The minimum absolute atomic E-state index is 0.458. The predicted molar refractivity (Wildman–Crippen MR) is 104 cm³/mol. The summed E-state index contributed by atoms with van der Waals surface area (Å²) in [4.78, 5) is 0. The molecule has 2 heteroatoms. The van der Waals surface area contributed by atoms with Crippen LogP contribution in [0.5, 0.6) is 0 Å². The van der Waals surface area contributed by atoms with Crippen molar-refractivity contribution in [2.75, 3.05) is 0 Å². The zero-order chi connectivity index (χ0) is 15.1. The molecule has 108 valence electrons. The zero-order valence-electron chi connectivity index (χ0n) is 12.3. The Morgan fingerprint density at radius 2 is 1.64 bits per heavy atom. The Kier molecular flexibility index (Phi) is 3.61. The Hall–Kier alpha value is -1.48. The van der Waals surface area contributed by atoms with E-state index in [-0.39, 0.29) is 0 Å². The van der Waals surface area contributed by atoms with Gasteiger partial charge in [-0.1, -0.05) is 66.7 Å². The van der Waals surface area contributed by atoms with Crippen LogP contribution in [0.15, 0.2) is 60.7 Å². The lowest BCUT2D eigenvalue weighted by molar-refractivity contribution is 1.10. The molecule has 0 aliphatic heterocycles. The summed E-state index contributed by atoms with van der Waals surface area (Å²) in [6.07, 6.45) is 3.43. The van der Waals surface area contributed by atoms with Crippen molar-refractivity contribution in [1.29, 1.82) is 0 Å². The third-order valence-electron chi connectivity index (χ3n) is 4.44. The van der Waals surface area contributed by atoms with Crippen LogP contribution >= 0.6 is 18.5 Å². The minimum atomic E-state index is 0.458. The number of benzene rings is 3. The van der Waals surface area contributed by atoms with E-state index in [1.807, 2.05) is 0 Å². The van der Waals surface area contributed by atoms with E-state index in [2.05, 4.69) is 85.2 Å². The predicted octanol–water partition coefficient (Wildman–Crippen LogP) is 2.97. The van der Waals surface area contributed by atoms with Crippen LogP contribution in [0.2, 0.25) is 0 Å². The molecule has 0 radical (unpaired) electrons. The second kappa shape index (κ2) is 5.62. The van der Waals surface area contributed by atoms with Crippen LogP contribution in [0.4, 0.5) is 0 Å². The third-order valence-corrected chi connectivity index (χ3v) is 5.53. The molecule has 4 rings (SSSR count). The van der Waals surface area contributed by atoms with Gasteiger partial charge in [-0.2, -0.15) is 0 Å². The van der Waals surface area contributed by atoms with E-state index < -0.39 is 0 Å². The Morgan fingerprint density at radius 3 is 2.55 bits per heavy atom. The number of fused-ring (bicyclic) bond motifs is 2. The Morgan fingerprint density at radius 1 is 0.864 bits per heavy atom. The largest absolute Gasteiger partial charge is 0.129 e. The van der Waals surface area contributed by atoms with Gasteiger partial charge < -0.3 is 0 Å². The molecule has 2 unspecified atom stereocenters. The van der Waals surface area contributed by atoms with Crippen LogP contribution in [0.3, 0.4) is 0 Å². The number of rotatable bonds is 1. The maximum Gasteiger partial charge on any atom is 0.00326 e. The van der Waals surface area contributed by atoms with Crippen molar-refractivity contribution in [3.63, 3.8) is 0 Å². The highest BCUT2D eigenvalue weighted by Gasteiger charge is 2.18. The van der Waals surface area contributed by atoms with Gasteiger partial charge in [0, 0.05) is 5.66 Å². The molecule has 3 atom stereocenters. The quantitative estimate of drug-likeness (QED) is 0.605. The fourth-order valence-corrected chi connectivity index (χ4v) is 4.29.